The van der Waals surface area contributed by atoms with Crippen molar-refractivity contribution in [2.24, 2.45) is 0 Å². The van der Waals surface area contributed by atoms with E-state index in [1.165, 1.54) is 5.56 Å². The van der Waals surface area contributed by atoms with Crippen LogP contribution < -0.4 is 0 Å². The third-order valence-corrected chi connectivity index (χ3v) is 5.63. The molecule has 0 saturated carbocycles. The fourth-order valence-corrected chi connectivity index (χ4v) is 4.13. The van der Waals surface area contributed by atoms with Crippen molar-refractivity contribution in [2.75, 3.05) is 0 Å². The van der Waals surface area contributed by atoms with E-state index in [0.717, 1.165) is 39.0 Å². The quantitative estimate of drug-likeness (QED) is 0.312. The number of H-pyrrole nitrogens is 1. The Morgan fingerprint density at radius 3 is 2.37 bits per heavy atom. The van der Waals surface area contributed by atoms with Gasteiger partial charge in [0.25, 0.3) is 0 Å². The summed E-state index contributed by atoms with van der Waals surface area (Å²) in [6.07, 6.45) is 0. The predicted molar refractivity (Wildman–Crippen MR) is 124 cm³/mol. The van der Waals surface area contributed by atoms with E-state index in [9.17, 15) is 0 Å². The third-order valence-electron chi connectivity index (χ3n) is 5.16. The number of benzene rings is 3. The monoisotopic (exact) mass is 432 g/mol. The molecule has 0 radical (unpaired) electrons. The molecule has 30 heavy (non-hydrogen) atoms. The number of aromatic nitrogens is 2. The van der Waals surface area contributed by atoms with Crippen LogP contribution >= 0.6 is 23.2 Å². The standard InChI is InChI=1S/C25H18Cl2N2O/c1-14-6-8-16(9-7-14)24-25(30-15(2)28-24)22-20-13-19(27)10-11-21(20)29-23(22)17-4-3-5-18(26)12-17/h3-13,29H,1-2H3. The van der Waals surface area contributed by atoms with Crippen molar-refractivity contribution in [1.82, 2.24) is 9.97 Å². The molecular formula is C25H18Cl2N2O. The maximum atomic E-state index is 6.36. The number of fused-ring (bicyclic) bond motifs is 1. The molecule has 3 aromatic carbocycles. The summed E-state index contributed by atoms with van der Waals surface area (Å²) in [5, 5.41) is 2.30. The largest absolute Gasteiger partial charge is 0.440 e. The fourth-order valence-electron chi connectivity index (χ4n) is 3.76. The molecule has 0 atom stereocenters. The van der Waals surface area contributed by atoms with Crippen LogP contribution in [0.4, 0.5) is 0 Å². The summed E-state index contributed by atoms with van der Waals surface area (Å²) in [7, 11) is 0. The number of hydrogen-bond donors (Lipinski definition) is 1. The zero-order chi connectivity index (χ0) is 20.8. The highest BCUT2D eigenvalue weighted by molar-refractivity contribution is 6.32. The van der Waals surface area contributed by atoms with Crippen molar-refractivity contribution >= 4 is 34.1 Å². The summed E-state index contributed by atoms with van der Waals surface area (Å²) in [5.74, 6) is 1.31. The van der Waals surface area contributed by atoms with Gasteiger partial charge in [0.1, 0.15) is 5.69 Å². The van der Waals surface area contributed by atoms with Crippen LogP contribution in [-0.2, 0) is 0 Å². The summed E-state index contributed by atoms with van der Waals surface area (Å²) in [6.45, 7) is 3.93. The van der Waals surface area contributed by atoms with Crippen molar-refractivity contribution in [3.63, 3.8) is 0 Å². The molecule has 5 aromatic rings. The number of nitrogens with one attached hydrogen (secondary N) is 1. The number of hydrogen-bond acceptors (Lipinski definition) is 2. The predicted octanol–water partition coefficient (Wildman–Crippen LogP) is 8.08. The normalized spacial score (nSPS) is 11.3. The van der Waals surface area contributed by atoms with E-state index < -0.39 is 0 Å². The molecule has 0 aliphatic carbocycles. The van der Waals surface area contributed by atoms with E-state index in [1.54, 1.807) is 0 Å². The maximum Gasteiger partial charge on any atom is 0.192 e. The van der Waals surface area contributed by atoms with Crippen LogP contribution in [-0.4, -0.2) is 9.97 Å². The minimum atomic E-state index is 0.606. The summed E-state index contributed by atoms with van der Waals surface area (Å²) < 4.78 is 6.18. The van der Waals surface area contributed by atoms with E-state index in [4.69, 9.17) is 32.6 Å². The summed E-state index contributed by atoms with van der Waals surface area (Å²) >= 11 is 12.6. The molecule has 148 valence electrons. The molecule has 1 N–H and O–H groups in total. The molecule has 0 bridgehead atoms. The van der Waals surface area contributed by atoms with Crippen LogP contribution in [0.25, 0.3) is 44.7 Å². The molecule has 0 aliphatic heterocycles. The van der Waals surface area contributed by atoms with E-state index in [0.29, 0.717) is 21.7 Å². The highest BCUT2D eigenvalue weighted by Gasteiger charge is 2.23. The van der Waals surface area contributed by atoms with Gasteiger partial charge < -0.3 is 9.40 Å². The van der Waals surface area contributed by atoms with Crippen LogP contribution in [0.5, 0.6) is 0 Å². The van der Waals surface area contributed by atoms with Crippen LogP contribution in [0.2, 0.25) is 10.0 Å². The number of nitrogens with zero attached hydrogens (tertiary/aromatic N) is 1. The Morgan fingerprint density at radius 2 is 1.60 bits per heavy atom. The van der Waals surface area contributed by atoms with Crippen molar-refractivity contribution in [3.05, 3.63) is 88.2 Å². The Labute approximate surface area is 184 Å². The lowest BCUT2D eigenvalue weighted by Crippen LogP contribution is -1.86. The first-order valence-electron chi connectivity index (χ1n) is 9.61. The van der Waals surface area contributed by atoms with Crippen molar-refractivity contribution in [3.8, 4) is 33.8 Å². The summed E-state index contributed by atoms with van der Waals surface area (Å²) in [6, 6.07) is 21.8. The first-order chi connectivity index (χ1) is 14.5. The van der Waals surface area contributed by atoms with Gasteiger partial charge in [-0.2, -0.15) is 0 Å². The molecule has 0 unspecified atom stereocenters. The second-order valence-corrected chi connectivity index (χ2v) is 8.22. The van der Waals surface area contributed by atoms with Gasteiger partial charge in [0.15, 0.2) is 11.7 Å². The van der Waals surface area contributed by atoms with Gasteiger partial charge in [0.2, 0.25) is 0 Å². The Morgan fingerprint density at radius 1 is 0.833 bits per heavy atom. The van der Waals surface area contributed by atoms with Crippen LogP contribution in [0.15, 0.2) is 71.1 Å². The molecule has 0 saturated heterocycles. The van der Waals surface area contributed by atoms with Gasteiger partial charge in [-0.15, -0.1) is 0 Å². The van der Waals surface area contributed by atoms with E-state index in [1.807, 2.05) is 49.4 Å². The number of rotatable bonds is 3. The minimum absolute atomic E-state index is 0.606. The zero-order valence-corrected chi connectivity index (χ0v) is 18.0. The number of oxazole rings is 1. The van der Waals surface area contributed by atoms with Gasteiger partial charge in [-0.1, -0.05) is 65.2 Å². The van der Waals surface area contributed by atoms with E-state index in [-0.39, 0.29) is 0 Å². The Bertz CT molecular complexity index is 1380. The molecule has 0 aliphatic rings. The summed E-state index contributed by atoms with van der Waals surface area (Å²) in [5.41, 5.74) is 6.77. The Kier molecular flexibility index (Phi) is 4.65. The molecule has 2 heterocycles. The van der Waals surface area contributed by atoms with Gasteiger partial charge in [0.05, 0.1) is 11.3 Å². The average Bonchev–Trinajstić information content (AvgIpc) is 3.28. The van der Waals surface area contributed by atoms with Gasteiger partial charge in [0, 0.05) is 39.0 Å². The van der Waals surface area contributed by atoms with Crippen LogP contribution in [0, 0.1) is 13.8 Å². The second kappa shape index (κ2) is 7.35. The second-order valence-electron chi connectivity index (χ2n) is 7.35. The number of aromatic amines is 1. The molecule has 3 nitrogen and oxygen atoms in total. The van der Waals surface area contributed by atoms with Gasteiger partial charge in [-0.3, -0.25) is 0 Å². The molecule has 5 heteroatoms. The minimum Gasteiger partial charge on any atom is -0.440 e. The first-order valence-corrected chi connectivity index (χ1v) is 10.4. The van der Waals surface area contributed by atoms with Crippen LogP contribution in [0.3, 0.4) is 0 Å². The lowest BCUT2D eigenvalue weighted by Gasteiger charge is -2.06. The zero-order valence-electron chi connectivity index (χ0n) is 16.5. The first kappa shape index (κ1) is 19.0. The SMILES string of the molecule is Cc1ccc(-c2nc(C)oc2-c2c(-c3cccc(Cl)c3)[nH]c3ccc(Cl)cc23)cc1. The molecule has 0 amide bonds. The smallest absolute Gasteiger partial charge is 0.192 e. The maximum absolute atomic E-state index is 6.36. The lowest BCUT2D eigenvalue weighted by molar-refractivity contribution is 0.535. The Hall–Kier alpha value is -3.01. The van der Waals surface area contributed by atoms with E-state index >= 15 is 0 Å². The highest BCUT2D eigenvalue weighted by atomic mass is 35.5. The third kappa shape index (κ3) is 3.30. The molecule has 2 aromatic heterocycles. The molecular weight excluding hydrogens is 415 g/mol. The van der Waals surface area contributed by atoms with Gasteiger partial charge >= 0.3 is 0 Å². The molecule has 0 spiro atoms. The number of aryl methyl sites for hydroxylation is 2. The molecule has 0 fully saturated rings. The van der Waals surface area contributed by atoms with Crippen LogP contribution in [0.1, 0.15) is 11.5 Å². The highest BCUT2D eigenvalue weighted by Crippen LogP contribution is 2.43. The number of halogens is 2. The fraction of sp³-hybridized carbons (Fsp3) is 0.0800. The summed E-state index contributed by atoms with van der Waals surface area (Å²) in [4.78, 5) is 8.23. The lowest BCUT2D eigenvalue weighted by atomic mass is 9.99. The Balaban J connectivity index is 1.84. The topological polar surface area (TPSA) is 41.8 Å². The van der Waals surface area contributed by atoms with Crippen molar-refractivity contribution < 1.29 is 4.42 Å². The molecule has 5 rings (SSSR count). The van der Waals surface area contributed by atoms with E-state index in [2.05, 4.69) is 36.2 Å². The van der Waals surface area contributed by atoms with Gasteiger partial charge in [-0.25, -0.2) is 4.98 Å². The van der Waals surface area contributed by atoms with Crippen molar-refractivity contribution in [1.29, 1.82) is 0 Å². The van der Waals surface area contributed by atoms with Gasteiger partial charge in [-0.05, 0) is 37.3 Å². The van der Waals surface area contributed by atoms with Crippen molar-refractivity contribution in [2.45, 2.75) is 13.8 Å². The average molecular weight is 433 g/mol.